The zero-order chi connectivity index (χ0) is 10.2. The minimum atomic E-state index is -1.23. The first-order valence-electron chi connectivity index (χ1n) is 4.41. The lowest BCUT2D eigenvalue weighted by molar-refractivity contribution is 0.532. The van der Waals surface area contributed by atoms with E-state index in [4.69, 9.17) is 34.8 Å². The van der Waals surface area contributed by atoms with Gasteiger partial charge in [0, 0.05) is 13.1 Å². The van der Waals surface area contributed by atoms with Crippen LogP contribution in [0, 0.1) is 5.92 Å². The van der Waals surface area contributed by atoms with Crippen LogP contribution in [0.1, 0.15) is 6.42 Å². The summed E-state index contributed by atoms with van der Waals surface area (Å²) >= 11 is 18.5. The van der Waals surface area contributed by atoms with Crippen LogP contribution in [0.25, 0.3) is 0 Å². The first kappa shape index (κ1) is 11.2. The predicted octanol–water partition coefficient (Wildman–Crippen LogP) is 3.78. The molecule has 0 saturated carbocycles. The summed E-state index contributed by atoms with van der Waals surface area (Å²) in [6, 6.07) is 0. The van der Waals surface area contributed by atoms with Gasteiger partial charge >= 0.3 is 0 Å². The first-order chi connectivity index (χ1) is 6.54. The molecule has 0 aromatic rings. The largest absolute Gasteiger partial charge is 0.251 e. The fraction of sp³-hybridized carbons (Fsp3) is 0.556. The molecule has 2 rings (SSSR count). The Hall–Kier alpha value is 0.660. The third-order valence-electron chi connectivity index (χ3n) is 2.41. The molecule has 1 saturated heterocycles. The van der Waals surface area contributed by atoms with Crippen LogP contribution in [0.15, 0.2) is 23.8 Å². The van der Waals surface area contributed by atoms with E-state index in [0.29, 0.717) is 5.92 Å². The third-order valence-corrected chi connectivity index (χ3v) is 3.77. The van der Waals surface area contributed by atoms with Crippen LogP contribution in [0.3, 0.4) is 0 Å². The molecule has 78 valence electrons. The van der Waals surface area contributed by atoms with E-state index in [-0.39, 0.29) is 0 Å². The Bertz CT molecular complexity index is 282. The van der Waals surface area contributed by atoms with Gasteiger partial charge in [0.25, 0.3) is 3.12 Å². The van der Waals surface area contributed by atoms with Gasteiger partial charge in [0.2, 0.25) is 0 Å². The van der Waals surface area contributed by atoms with Gasteiger partial charge in [-0.05, 0) is 24.3 Å². The molecular formula is C9H10Cl3NS. The lowest BCUT2D eigenvalue weighted by atomic mass is 9.95. The van der Waals surface area contributed by atoms with E-state index in [0.717, 1.165) is 19.5 Å². The van der Waals surface area contributed by atoms with Crippen LogP contribution in [0.4, 0.5) is 0 Å². The third kappa shape index (κ3) is 2.83. The van der Waals surface area contributed by atoms with Gasteiger partial charge in [-0.3, -0.25) is 0 Å². The van der Waals surface area contributed by atoms with Gasteiger partial charge in [0.05, 0.1) is 0 Å². The highest BCUT2D eigenvalue weighted by Gasteiger charge is 2.33. The normalized spacial score (nSPS) is 27.6. The Labute approximate surface area is 103 Å². The quantitative estimate of drug-likeness (QED) is 0.527. The lowest BCUT2D eigenvalue weighted by Gasteiger charge is -2.18. The Balaban J connectivity index is 1.96. The highest BCUT2D eigenvalue weighted by molar-refractivity contribution is 8.02. The van der Waals surface area contributed by atoms with Crippen molar-refractivity contribution in [3.63, 3.8) is 0 Å². The molecule has 1 heterocycles. The molecule has 1 fully saturated rings. The van der Waals surface area contributed by atoms with Crippen molar-refractivity contribution in [3.05, 3.63) is 23.8 Å². The van der Waals surface area contributed by atoms with Gasteiger partial charge in [-0.2, -0.15) is 0 Å². The Morgan fingerprint density at radius 2 is 2.21 bits per heavy atom. The summed E-state index contributed by atoms with van der Waals surface area (Å²) in [4.78, 5) is 0. The van der Waals surface area contributed by atoms with Crippen LogP contribution >= 0.6 is 46.8 Å². The van der Waals surface area contributed by atoms with E-state index >= 15 is 0 Å². The second-order valence-electron chi connectivity index (χ2n) is 3.46. The summed E-state index contributed by atoms with van der Waals surface area (Å²) in [6.45, 7) is 1.89. The van der Waals surface area contributed by atoms with Gasteiger partial charge in [0.15, 0.2) is 0 Å². The first-order valence-corrected chi connectivity index (χ1v) is 6.32. The molecule has 1 atom stereocenters. The monoisotopic (exact) mass is 269 g/mol. The van der Waals surface area contributed by atoms with Gasteiger partial charge in [-0.25, -0.2) is 4.31 Å². The van der Waals surface area contributed by atoms with Gasteiger partial charge in [-0.15, -0.1) is 0 Å². The molecule has 2 aliphatic rings. The van der Waals surface area contributed by atoms with Crippen LogP contribution < -0.4 is 0 Å². The number of rotatable bonds is 1. The zero-order valence-electron chi connectivity index (χ0n) is 7.42. The molecule has 0 spiro atoms. The Morgan fingerprint density at radius 1 is 1.43 bits per heavy atom. The van der Waals surface area contributed by atoms with Gasteiger partial charge in [0.1, 0.15) is 0 Å². The van der Waals surface area contributed by atoms with E-state index < -0.39 is 3.12 Å². The van der Waals surface area contributed by atoms with E-state index in [1.165, 1.54) is 17.5 Å². The van der Waals surface area contributed by atoms with Crippen molar-refractivity contribution in [2.45, 2.75) is 9.55 Å². The number of hydrogen-bond acceptors (Lipinski definition) is 2. The number of fused-ring (bicyclic) bond motifs is 1. The summed E-state index contributed by atoms with van der Waals surface area (Å²) < 4.78 is 0.887. The van der Waals surface area contributed by atoms with Crippen molar-refractivity contribution in [2.24, 2.45) is 5.92 Å². The molecule has 0 N–H and O–H groups in total. The van der Waals surface area contributed by atoms with E-state index in [9.17, 15) is 0 Å². The standard InChI is InChI=1S/C9H10Cl3NS/c10-9(11,12)14-13-5-7-3-1-2-4-8(7)6-13/h1-3,8H,4-6H2. The number of allylic oxidation sites excluding steroid dienone is 3. The molecule has 1 unspecified atom stereocenters. The maximum absolute atomic E-state index is 5.73. The fourth-order valence-corrected chi connectivity index (χ4v) is 3.46. The summed E-state index contributed by atoms with van der Waals surface area (Å²) in [5.41, 5.74) is 1.45. The molecule has 0 bridgehead atoms. The van der Waals surface area contributed by atoms with Gasteiger partial charge in [-0.1, -0.05) is 58.6 Å². The van der Waals surface area contributed by atoms with Crippen LogP contribution in [0.2, 0.25) is 0 Å². The number of nitrogens with zero attached hydrogens (tertiary/aromatic N) is 1. The average molecular weight is 271 g/mol. The molecule has 1 aliphatic carbocycles. The zero-order valence-corrected chi connectivity index (χ0v) is 10.5. The summed E-state index contributed by atoms with van der Waals surface area (Å²) in [7, 11) is 0. The highest BCUT2D eigenvalue weighted by Crippen LogP contribution is 2.44. The summed E-state index contributed by atoms with van der Waals surface area (Å²) in [5, 5.41) is 0. The molecule has 0 amide bonds. The predicted molar refractivity (Wildman–Crippen MR) is 64.8 cm³/mol. The van der Waals surface area contributed by atoms with Crippen molar-refractivity contribution in [1.29, 1.82) is 0 Å². The molecule has 0 radical (unpaired) electrons. The minimum absolute atomic E-state index is 0.625. The van der Waals surface area contributed by atoms with Crippen LogP contribution in [-0.4, -0.2) is 20.5 Å². The molecule has 0 aromatic heterocycles. The SMILES string of the molecule is ClC(Cl)(Cl)SN1CC2=CC=CCC2C1. The maximum atomic E-state index is 5.73. The van der Waals surface area contributed by atoms with Gasteiger partial charge < -0.3 is 0 Å². The molecule has 1 aliphatic heterocycles. The van der Waals surface area contributed by atoms with Crippen molar-refractivity contribution in [3.8, 4) is 0 Å². The van der Waals surface area contributed by atoms with Crippen molar-refractivity contribution in [2.75, 3.05) is 13.1 Å². The van der Waals surface area contributed by atoms with E-state index in [1.807, 2.05) is 0 Å². The molecule has 1 nitrogen and oxygen atoms in total. The number of halogens is 3. The second-order valence-corrected chi connectivity index (χ2v) is 7.73. The molecule has 5 heteroatoms. The number of hydrogen-bond donors (Lipinski definition) is 0. The number of alkyl halides is 3. The van der Waals surface area contributed by atoms with Crippen molar-refractivity contribution in [1.82, 2.24) is 4.31 Å². The van der Waals surface area contributed by atoms with E-state index in [2.05, 4.69) is 22.5 Å². The van der Waals surface area contributed by atoms with Crippen LogP contribution in [-0.2, 0) is 0 Å². The maximum Gasteiger partial charge on any atom is 0.251 e. The van der Waals surface area contributed by atoms with Crippen molar-refractivity contribution >= 4 is 46.8 Å². The van der Waals surface area contributed by atoms with Crippen molar-refractivity contribution < 1.29 is 0 Å². The lowest BCUT2D eigenvalue weighted by Crippen LogP contribution is -2.16. The topological polar surface area (TPSA) is 3.24 Å². The molecular weight excluding hydrogens is 261 g/mol. The average Bonchev–Trinajstić information content (AvgIpc) is 2.42. The fourth-order valence-electron chi connectivity index (χ4n) is 1.83. The van der Waals surface area contributed by atoms with E-state index in [1.54, 1.807) is 0 Å². The Morgan fingerprint density at radius 3 is 2.86 bits per heavy atom. The summed E-state index contributed by atoms with van der Waals surface area (Å²) in [6.07, 6.45) is 7.59. The summed E-state index contributed by atoms with van der Waals surface area (Å²) in [5.74, 6) is 0.625. The smallest absolute Gasteiger partial charge is 0.242 e. The van der Waals surface area contributed by atoms with Crippen LogP contribution in [0.5, 0.6) is 0 Å². The molecule has 0 aromatic carbocycles. The second kappa shape index (κ2) is 4.26. The Kier molecular flexibility index (Phi) is 3.40. The highest BCUT2D eigenvalue weighted by atomic mass is 35.6. The minimum Gasteiger partial charge on any atom is -0.242 e. The molecule has 14 heavy (non-hydrogen) atoms.